The van der Waals surface area contributed by atoms with Crippen LogP contribution in [0.3, 0.4) is 0 Å². The SMILES string of the molecule is Fc1cc(F)cc(-c2nnc(Cc3nc(-c4ccc(Br)cc4)no3)o2)c1. The van der Waals surface area contributed by atoms with Crippen molar-refractivity contribution in [3.05, 3.63) is 70.4 Å². The highest BCUT2D eigenvalue weighted by molar-refractivity contribution is 9.10. The van der Waals surface area contributed by atoms with Crippen LogP contribution in [0.25, 0.3) is 22.8 Å². The summed E-state index contributed by atoms with van der Waals surface area (Å²) in [4.78, 5) is 4.27. The number of hydrogen-bond donors (Lipinski definition) is 0. The van der Waals surface area contributed by atoms with Gasteiger partial charge in [-0.1, -0.05) is 21.1 Å². The summed E-state index contributed by atoms with van der Waals surface area (Å²) < 4.78 is 38.1. The molecule has 130 valence electrons. The number of nitrogens with zero attached hydrogens (tertiary/aromatic N) is 4. The minimum absolute atomic E-state index is 0.00560. The summed E-state index contributed by atoms with van der Waals surface area (Å²) in [5, 5.41) is 11.5. The monoisotopic (exact) mass is 418 g/mol. The average molecular weight is 419 g/mol. The Labute approximate surface area is 154 Å². The van der Waals surface area contributed by atoms with E-state index in [0.717, 1.165) is 28.2 Å². The van der Waals surface area contributed by atoms with Crippen LogP contribution in [-0.4, -0.2) is 20.3 Å². The van der Waals surface area contributed by atoms with Gasteiger partial charge >= 0.3 is 0 Å². The number of hydrogen-bond acceptors (Lipinski definition) is 6. The first-order valence-electron chi connectivity index (χ1n) is 7.44. The van der Waals surface area contributed by atoms with Crippen LogP contribution in [0.4, 0.5) is 8.78 Å². The van der Waals surface area contributed by atoms with E-state index < -0.39 is 11.6 Å². The molecule has 0 aliphatic carbocycles. The van der Waals surface area contributed by atoms with E-state index in [1.54, 1.807) is 0 Å². The van der Waals surface area contributed by atoms with Crippen molar-refractivity contribution in [3.63, 3.8) is 0 Å². The van der Waals surface area contributed by atoms with Crippen molar-refractivity contribution in [3.8, 4) is 22.8 Å². The first-order valence-corrected chi connectivity index (χ1v) is 8.23. The lowest BCUT2D eigenvalue weighted by Gasteiger charge is -1.95. The lowest BCUT2D eigenvalue weighted by Crippen LogP contribution is -1.88. The zero-order valence-electron chi connectivity index (χ0n) is 13.0. The lowest BCUT2D eigenvalue weighted by molar-refractivity contribution is 0.374. The predicted octanol–water partition coefficient (Wildman–Crippen LogP) is 4.42. The van der Waals surface area contributed by atoms with E-state index in [1.807, 2.05) is 24.3 Å². The van der Waals surface area contributed by atoms with Crippen molar-refractivity contribution < 1.29 is 17.7 Å². The van der Waals surface area contributed by atoms with Gasteiger partial charge < -0.3 is 8.94 Å². The molecular formula is C17H9BrF2N4O2. The van der Waals surface area contributed by atoms with Gasteiger partial charge in [0.1, 0.15) is 18.1 Å². The number of rotatable bonds is 4. The van der Waals surface area contributed by atoms with E-state index in [1.165, 1.54) is 0 Å². The van der Waals surface area contributed by atoms with Gasteiger partial charge in [-0.05, 0) is 36.4 Å². The van der Waals surface area contributed by atoms with Gasteiger partial charge in [-0.25, -0.2) is 8.78 Å². The third-order valence-electron chi connectivity index (χ3n) is 3.45. The molecule has 0 saturated heterocycles. The molecule has 2 aromatic carbocycles. The van der Waals surface area contributed by atoms with Gasteiger partial charge in [0.05, 0.1) is 0 Å². The summed E-state index contributed by atoms with van der Waals surface area (Å²) >= 11 is 3.36. The number of halogens is 3. The Hall–Kier alpha value is -2.94. The maximum Gasteiger partial charge on any atom is 0.247 e. The summed E-state index contributed by atoms with van der Waals surface area (Å²) in [6, 6.07) is 10.4. The quantitative estimate of drug-likeness (QED) is 0.488. The molecule has 0 bridgehead atoms. The first kappa shape index (κ1) is 16.5. The molecule has 26 heavy (non-hydrogen) atoms. The second-order valence-corrected chi connectivity index (χ2v) is 6.27. The highest BCUT2D eigenvalue weighted by Crippen LogP contribution is 2.22. The Morgan fingerprint density at radius 3 is 2.35 bits per heavy atom. The molecule has 0 aliphatic rings. The summed E-state index contributed by atoms with van der Waals surface area (Å²) in [5.41, 5.74) is 0.951. The van der Waals surface area contributed by atoms with Crippen molar-refractivity contribution in [2.24, 2.45) is 0 Å². The summed E-state index contributed by atoms with van der Waals surface area (Å²) in [7, 11) is 0. The maximum absolute atomic E-state index is 13.3. The number of aromatic nitrogens is 4. The Kier molecular flexibility index (Phi) is 4.29. The Morgan fingerprint density at radius 2 is 1.62 bits per heavy atom. The van der Waals surface area contributed by atoms with Gasteiger partial charge in [-0.2, -0.15) is 4.98 Å². The predicted molar refractivity (Wildman–Crippen MR) is 89.9 cm³/mol. The minimum Gasteiger partial charge on any atom is -0.420 e. The zero-order chi connectivity index (χ0) is 18.1. The van der Waals surface area contributed by atoms with Gasteiger partial charge in [0.15, 0.2) is 0 Å². The van der Waals surface area contributed by atoms with Crippen molar-refractivity contribution in [2.45, 2.75) is 6.42 Å². The van der Waals surface area contributed by atoms with Gasteiger partial charge in [0, 0.05) is 21.7 Å². The van der Waals surface area contributed by atoms with Crippen LogP contribution in [0.2, 0.25) is 0 Å². The van der Waals surface area contributed by atoms with Crippen LogP contribution in [-0.2, 0) is 6.42 Å². The first-order chi connectivity index (χ1) is 12.6. The molecule has 0 amide bonds. The molecule has 4 aromatic rings. The van der Waals surface area contributed by atoms with Crippen molar-refractivity contribution in [1.29, 1.82) is 0 Å². The van der Waals surface area contributed by atoms with E-state index in [2.05, 4.69) is 36.3 Å². The Morgan fingerprint density at radius 1 is 0.885 bits per heavy atom. The topological polar surface area (TPSA) is 77.8 Å². The van der Waals surface area contributed by atoms with Crippen molar-refractivity contribution >= 4 is 15.9 Å². The molecule has 0 spiro atoms. The normalized spacial score (nSPS) is 11.0. The Bertz CT molecular complexity index is 1040. The molecule has 0 N–H and O–H groups in total. The highest BCUT2D eigenvalue weighted by atomic mass is 79.9. The summed E-state index contributed by atoms with van der Waals surface area (Å²) in [6.07, 6.45) is 0.105. The molecule has 2 heterocycles. The lowest BCUT2D eigenvalue weighted by atomic mass is 10.2. The molecule has 2 aromatic heterocycles. The van der Waals surface area contributed by atoms with Crippen LogP contribution in [0, 0.1) is 11.6 Å². The molecule has 0 radical (unpaired) electrons. The molecule has 0 atom stereocenters. The van der Waals surface area contributed by atoms with Crippen LogP contribution in [0.5, 0.6) is 0 Å². The third kappa shape index (κ3) is 3.52. The van der Waals surface area contributed by atoms with Gasteiger partial charge in [0.2, 0.25) is 23.5 Å². The van der Waals surface area contributed by atoms with Crippen LogP contribution >= 0.6 is 15.9 Å². The molecule has 6 nitrogen and oxygen atoms in total. The standard InChI is InChI=1S/C17H9BrF2N4O2/c18-11-3-1-9(2-4-11)16-21-14(26-24-16)8-15-22-23-17(25-15)10-5-12(19)7-13(20)6-10/h1-7H,8H2. The molecule has 9 heteroatoms. The summed E-state index contributed by atoms with van der Waals surface area (Å²) in [6.45, 7) is 0. The molecule has 0 unspecified atom stereocenters. The van der Waals surface area contributed by atoms with Crippen LogP contribution in [0.1, 0.15) is 11.8 Å². The molecule has 0 saturated carbocycles. The molecule has 0 aliphatic heterocycles. The molecule has 4 rings (SSSR count). The maximum atomic E-state index is 13.3. The fourth-order valence-corrected chi connectivity index (χ4v) is 2.56. The fraction of sp³-hybridized carbons (Fsp3) is 0.0588. The van der Waals surface area contributed by atoms with E-state index >= 15 is 0 Å². The molecular weight excluding hydrogens is 410 g/mol. The van der Waals surface area contributed by atoms with Gasteiger partial charge in [0.25, 0.3) is 0 Å². The van der Waals surface area contributed by atoms with Crippen molar-refractivity contribution in [1.82, 2.24) is 20.3 Å². The largest absolute Gasteiger partial charge is 0.420 e. The minimum atomic E-state index is -0.726. The van der Waals surface area contributed by atoms with Gasteiger partial charge in [-0.3, -0.25) is 0 Å². The highest BCUT2D eigenvalue weighted by Gasteiger charge is 2.15. The zero-order valence-corrected chi connectivity index (χ0v) is 14.6. The van der Waals surface area contributed by atoms with E-state index in [0.29, 0.717) is 5.82 Å². The van der Waals surface area contributed by atoms with E-state index in [9.17, 15) is 8.78 Å². The van der Waals surface area contributed by atoms with Gasteiger partial charge in [-0.15, -0.1) is 10.2 Å². The number of benzene rings is 2. The van der Waals surface area contributed by atoms with Crippen LogP contribution < -0.4 is 0 Å². The second kappa shape index (κ2) is 6.75. The average Bonchev–Trinajstić information content (AvgIpc) is 3.25. The van der Waals surface area contributed by atoms with Crippen molar-refractivity contribution in [2.75, 3.05) is 0 Å². The van der Waals surface area contributed by atoms with E-state index in [4.69, 9.17) is 8.94 Å². The fourth-order valence-electron chi connectivity index (χ4n) is 2.29. The Balaban J connectivity index is 1.53. The third-order valence-corrected chi connectivity index (χ3v) is 3.98. The molecule has 0 fully saturated rings. The second-order valence-electron chi connectivity index (χ2n) is 5.35. The smallest absolute Gasteiger partial charge is 0.247 e. The summed E-state index contributed by atoms with van der Waals surface area (Å²) in [5.74, 6) is -0.545. The van der Waals surface area contributed by atoms with Crippen LogP contribution in [0.15, 0.2) is 55.9 Å². The van der Waals surface area contributed by atoms with E-state index in [-0.39, 0.29) is 29.7 Å².